The first-order valence-electron chi connectivity index (χ1n) is 6.14. The Hall–Kier alpha value is -2.37. The van der Waals surface area contributed by atoms with Crippen molar-refractivity contribution >= 4 is 11.3 Å². The second kappa shape index (κ2) is 4.38. The maximum absolute atomic E-state index is 11.9. The second-order valence-electron chi connectivity index (χ2n) is 4.84. The minimum atomic E-state index is -0.180. The highest BCUT2D eigenvalue weighted by molar-refractivity contribution is 5.69. The highest BCUT2D eigenvalue weighted by Crippen LogP contribution is 2.18. The van der Waals surface area contributed by atoms with E-state index in [1.54, 1.807) is 23.1 Å². The highest BCUT2D eigenvalue weighted by Gasteiger charge is 2.12. The van der Waals surface area contributed by atoms with E-state index in [4.69, 9.17) is 4.42 Å². The standard InChI is InChI=1S/C13H14N4O2/c1-8(2)7-17-12-11(16-13(17)18)14-6-9(15-12)10-4-3-5-19-10/h3-6,8H,7H2,1-2H3,(H,14,16,18). The topological polar surface area (TPSA) is 76.7 Å². The van der Waals surface area contributed by atoms with Gasteiger partial charge < -0.3 is 4.42 Å². The molecule has 1 N–H and O–H groups in total. The molecule has 0 saturated heterocycles. The van der Waals surface area contributed by atoms with Crippen LogP contribution in [0.25, 0.3) is 22.7 Å². The maximum atomic E-state index is 11.9. The summed E-state index contributed by atoms with van der Waals surface area (Å²) in [6, 6.07) is 3.60. The van der Waals surface area contributed by atoms with Crippen molar-refractivity contribution in [1.29, 1.82) is 0 Å². The minimum absolute atomic E-state index is 0.180. The van der Waals surface area contributed by atoms with E-state index < -0.39 is 0 Å². The number of aromatic nitrogens is 4. The molecule has 19 heavy (non-hydrogen) atoms. The third-order valence-electron chi connectivity index (χ3n) is 2.80. The van der Waals surface area contributed by atoms with E-state index in [1.807, 2.05) is 6.07 Å². The van der Waals surface area contributed by atoms with Crippen molar-refractivity contribution < 1.29 is 4.42 Å². The van der Waals surface area contributed by atoms with Gasteiger partial charge in [0.05, 0.1) is 12.5 Å². The molecule has 0 amide bonds. The van der Waals surface area contributed by atoms with Gasteiger partial charge in [-0.05, 0) is 18.1 Å². The Morgan fingerprint density at radius 2 is 2.32 bits per heavy atom. The summed E-state index contributed by atoms with van der Waals surface area (Å²) in [7, 11) is 0. The van der Waals surface area contributed by atoms with Gasteiger partial charge in [0.2, 0.25) is 0 Å². The molecule has 0 bridgehead atoms. The average Bonchev–Trinajstić information content (AvgIpc) is 2.98. The van der Waals surface area contributed by atoms with Crippen LogP contribution in [0.3, 0.4) is 0 Å². The number of fused-ring (bicyclic) bond motifs is 1. The predicted octanol–water partition coefficient (Wildman–Crippen LogP) is 2.04. The summed E-state index contributed by atoms with van der Waals surface area (Å²) in [5.74, 6) is 0.991. The van der Waals surface area contributed by atoms with Crippen LogP contribution in [0.5, 0.6) is 0 Å². The summed E-state index contributed by atoms with van der Waals surface area (Å²) in [6.07, 6.45) is 3.18. The van der Waals surface area contributed by atoms with Crippen molar-refractivity contribution in [3.8, 4) is 11.5 Å². The Kier molecular flexibility index (Phi) is 2.70. The van der Waals surface area contributed by atoms with Gasteiger partial charge in [0.15, 0.2) is 17.1 Å². The van der Waals surface area contributed by atoms with Crippen molar-refractivity contribution in [2.45, 2.75) is 20.4 Å². The van der Waals surface area contributed by atoms with Gasteiger partial charge in [0.25, 0.3) is 0 Å². The number of furan rings is 1. The third-order valence-corrected chi connectivity index (χ3v) is 2.80. The Morgan fingerprint density at radius 1 is 1.47 bits per heavy atom. The van der Waals surface area contributed by atoms with Crippen molar-refractivity contribution in [3.63, 3.8) is 0 Å². The number of nitrogens with one attached hydrogen (secondary N) is 1. The Labute approximate surface area is 109 Å². The van der Waals surface area contributed by atoms with Crippen molar-refractivity contribution in [1.82, 2.24) is 19.5 Å². The number of rotatable bonds is 3. The summed E-state index contributed by atoms with van der Waals surface area (Å²) in [5, 5.41) is 0. The van der Waals surface area contributed by atoms with Gasteiger partial charge in [-0.2, -0.15) is 0 Å². The van der Waals surface area contributed by atoms with Crippen molar-refractivity contribution in [2.24, 2.45) is 5.92 Å². The molecule has 0 fully saturated rings. The SMILES string of the molecule is CC(C)Cn1c(=O)[nH]c2ncc(-c3ccco3)nc21. The molecule has 0 aliphatic carbocycles. The molecule has 3 rings (SSSR count). The van der Waals surface area contributed by atoms with Gasteiger partial charge in [-0.1, -0.05) is 13.8 Å². The fraction of sp³-hybridized carbons (Fsp3) is 0.308. The number of nitrogens with zero attached hydrogens (tertiary/aromatic N) is 3. The van der Waals surface area contributed by atoms with Crippen LogP contribution in [-0.4, -0.2) is 19.5 Å². The number of hydrogen-bond acceptors (Lipinski definition) is 4. The van der Waals surface area contributed by atoms with Crippen LogP contribution in [0, 0.1) is 5.92 Å². The van der Waals surface area contributed by atoms with Crippen LogP contribution in [0.4, 0.5) is 0 Å². The Morgan fingerprint density at radius 3 is 3.00 bits per heavy atom. The zero-order valence-corrected chi connectivity index (χ0v) is 10.8. The summed E-state index contributed by atoms with van der Waals surface area (Å²) in [4.78, 5) is 23.3. The van der Waals surface area contributed by atoms with E-state index in [-0.39, 0.29) is 5.69 Å². The quantitative estimate of drug-likeness (QED) is 0.779. The summed E-state index contributed by atoms with van der Waals surface area (Å²) in [5.41, 5.74) is 1.50. The first-order chi connectivity index (χ1) is 9.15. The van der Waals surface area contributed by atoms with Crippen molar-refractivity contribution in [3.05, 3.63) is 35.1 Å². The lowest BCUT2D eigenvalue weighted by molar-refractivity contribution is 0.520. The number of aromatic amines is 1. The molecule has 6 nitrogen and oxygen atoms in total. The summed E-state index contributed by atoms with van der Waals surface area (Å²) >= 11 is 0. The number of H-pyrrole nitrogens is 1. The van der Waals surface area contributed by atoms with Gasteiger partial charge in [0, 0.05) is 6.54 Å². The monoisotopic (exact) mass is 258 g/mol. The molecule has 0 radical (unpaired) electrons. The lowest BCUT2D eigenvalue weighted by atomic mass is 10.2. The fourth-order valence-electron chi connectivity index (χ4n) is 2.00. The van der Waals surface area contributed by atoms with Gasteiger partial charge in [-0.15, -0.1) is 0 Å². The average molecular weight is 258 g/mol. The van der Waals surface area contributed by atoms with Crippen LogP contribution >= 0.6 is 0 Å². The molecule has 3 heterocycles. The molecule has 6 heteroatoms. The lowest BCUT2D eigenvalue weighted by Crippen LogP contribution is -2.19. The van der Waals surface area contributed by atoms with Gasteiger partial charge in [0.1, 0.15) is 5.69 Å². The van der Waals surface area contributed by atoms with Gasteiger partial charge >= 0.3 is 5.69 Å². The summed E-state index contributed by atoms with van der Waals surface area (Å²) in [6.45, 7) is 4.71. The molecule has 0 aliphatic heterocycles. The van der Waals surface area contributed by atoms with E-state index in [0.717, 1.165) is 0 Å². The van der Waals surface area contributed by atoms with E-state index in [0.29, 0.717) is 35.2 Å². The molecule has 0 unspecified atom stereocenters. The molecule has 0 spiro atoms. The molecule has 3 aromatic rings. The van der Waals surface area contributed by atoms with Crippen LogP contribution in [0.2, 0.25) is 0 Å². The highest BCUT2D eigenvalue weighted by atomic mass is 16.3. The maximum Gasteiger partial charge on any atom is 0.328 e. The largest absolute Gasteiger partial charge is 0.463 e. The zero-order valence-electron chi connectivity index (χ0n) is 10.8. The molecule has 98 valence electrons. The third kappa shape index (κ3) is 2.05. The molecular weight excluding hydrogens is 244 g/mol. The Balaban J connectivity index is 2.18. The molecule has 3 aromatic heterocycles. The molecule has 0 aliphatic rings. The summed E-state index contributed by atoms with van der Waals surface area (Å²) < 4.78 is 6.91. The minimum Gasteiger partial charge on any atom is -0.463 e. The van der Waals surface area contributed by atoms with E-state index in [9.17, 15) is 4.79 Å². The van der Waals surface area contributed by atoms with Crippen LogP contribution in [0.15, 0.2) is 33.8 Å². The van der Waals surface area contributed by atoms with Crippen LogP contribution < -0.4 is 5.69 Å². The van der Waals surface area contributed by atoms with Crippen LogP contribution in [-0.2, 0) is 6.54 Å². The Bertz CT molecular complexity index is 753. The van der Waals surface area contributed by atoms with Gasteiger partial charge in [-0.25, -0.2) is 14.8 Å². The smallest absolute Gasteiger partial charge is 0.328 e. The fourth-order valence-corrected chi connectivity index (χ4v) is 2.00. The molecule has 0 atom stereocenters. The van der Waals surface area contributed by atoms with Crippen molar-refractivity contribution in [2.75, 3.05) is 0 Å². The normalized spacial score (nSPS) is 11.5. The first-order valence-corrected chi connectivity index (χ1v) is 6.14. The van der Waals surface area contributed by atoms with E-state index in [2.05, 4.69) is 28.8 Å². The van der Waals surface area contributed by atoms with Crippen LogP contribution in [0.1, 0.15) is 13.8 Å². The molecule has 0 saturated carbocycles. The van der Waals surface area contributed by atoms with E-state index >= 15 is 0 Å². The van der Waals surface area contributed by atoms with Gasteiger partial charge in [-0.3, -0.25) is 9.55 Å². The number of hydrogen-bond donors (Lipinski definition) is 1. The zero-order chi connectivity index (χ0) is 13.4. The lowest BCUT2D eigenvalue weighted by Gasteiger charge is -2.05. The first kappa shape index (κ1) is 11.7. The molecule has 0 aromatic carbocycles. The predicted molar refractivity (Wildman–Crippen MR) is 70.7 cm³/mol. The second-order valence-corrected chi connectivity index (χ2v) is 4.84. The molecular formula is C13H14N4O2. The number of imidazole rings is 1. The van der Waals surface area contributed by atoms with E-state index in [1.165, 1.54) is 0 Å².